The zero-order valence-corrected chi connectivity index (χ0v) is 15.7. The molecule has 0 bridgehead atoms. The summed E-state index contributed by atoms with van der Waals surface area (Å²) < 4.78 is 5.51. The first-order valence-corrected chi connectivity index (χ1v) is 9.15. The maximum atomic E-state index is 12.4. The monoisotopic (exact) mass is 344 g/mol. The molecule has 0 aromatic heterocycles. The van der Waals surface area contributed by atoms with Crippen molar-refractivity contribution < 1.29 is 14.3 Å². The van der Waals surface area contributed by atoms with E-state index in [1.807, 2.05) is 25.7 Å². The highest BCUT2D eigenvalue weighted by atomic mass is 16.6. The van der Waals surface area contributed by atoms with Crippen molar-refractivity contribution in [2.24, 2.45) is 0 Å². The van der Waals surface area contributed by atoms with Gasteiger partial charge in [-0.3, -0.25) is 4.79 Å². The van der Waals surface area contributed by atoms with Gasteiger partial charge in [0.05, 0.1) is 0 Å². The van der Waals surface area contributed by atoms with Crippen LogP contribution in [0.25, 0.3) is 0 Å². The molecule has 0 saturated heterocycles. The number of nitrogens with zero attached hydrogens (tertiary/aromatic N) is 2. The lowest BCUT2D eigenvalue weighted by Crippen LogP contribution is -2.38. The Morgan fingerprint density at radius 1 is 0.960 bits per heavy atom. The van der Waals surface area contributed by atoms with E-state index in [-0.39, 0.29) is 12.0 Å². The third-order valence-corrected chi connectivity index (χ3v) is 4.85. The lowest BCUT2D eigenvalue weighted by atomic mass is 9.93. The third-order valence-electron chi connectivity index (χ3n) is 4.85. The van der Waals surface area contributed by atoms with Crippen LogP contribution in [-0.4, -0.2) is 42.1 Å². The first kappa shape index (κ1) is 17.8. The van der Waals surface area contributed by atoms with Crippen molar-refractivity contribution in [1.82, 2.24) is 4.90 Å². The first-order valence-electron chi connectivity index (χ1n) is 9.15. The molecule has 1 aromatic rings. The summed E-state index contributed by atoms with van der Waals surface area (Å²) in [6.45, 7) is 9.43. The van der Waals surface area contributed by atoms with Crippen molar-refractivity contribution in [3.63, 3.8) is 0 Å². The summed E-state index contributed by atoms with van der Waals surface area (Å²) in [4.78, 5) is 28.0. The number of ether oxygens (including phenoxy) is 1. The van der Waals surface area contributed by atoms with Crippen molar-refractivity contribution in [3.05, 3.63) is 28.8 Å². The molecule has 2 aliphatic heterocycles. The zero-order valence-electron chi connectivity index (χ0n) is 15.7. The molecule has 0 atom stereocenters. The van der Waals surface area contributed by atoms with Crippen LogP contribution in [0.2, 0.25) is 0 Å². The maximum absolute atomic E-state index is 12.4. The summed E-state index contributed by atoms with van der Waals surface area (Å²) in [5, 5.41) is 0. The summed E-state index contributed by atoms with van der Waals surface area (Å²) in [6, 6.07) is 4.42. The number of fused-ring (bicyclic) bond motifs is 2. The number of amides is 2. The summed E-state index contributed by atoms with van der Waals surface area (Å²) in [6.07, 6.45) is 3.42. The number of hydrogen-bond donors (Lipinski definition) is 0. The number of carbonyl (C=O) groups is 2. The molecule has 5 heteroatoms. The van der Waals surface area contributed by atoms with Crippen LogP contribution < -0.4 is 4.90 Å². The van der Waals surface area contributed by atoms with Crippen molar-refractivity contribution in [2.75, 3.05) is 24.5 Å². The van der Waals surface area contributed by atoms with E-state index in [9.17, 15) is 9.59 Å². The van der Waals surface area contributed by atoms with Crippen molar-refractivity contribution >= 4 is 17.7 Å². The zero-order chi connectivity index (χ0) is 18.2. The molecule has 136 valence electrons. The number of rotatable bonds is 0. The van der Waals surface area contributed by atoms with Gasteiger partial charge in [0.2, 0.25) is 5.91 Å². The van der Waals surface area contributed by atoms with Gasteiger partial charge in [-0.2, -0.15) is 0 Å². The van der Waals surface area contributed by atoms with Crippen molar-refractivity contribution in [3.8, 4) is 0 Å². The summed E-state index contributed by atoms with van der Waals surface area (Å²) in [7, 11) is 0. The predicted octanol–water partition coefficient (Wildman–Crippen LogP) is 3.32. The Hall–Kier alpha value is -2.04. The molecule has 0 fully saturated rings. The Labute approximate surface area is 149 Å². The standard InChI is InChI=1S/C20H28N2O3/c1-14(23)22-9-5-6-17-12-15-7-10-21(19(24)25-20(2,3)4)11-8-16(15)13-18(17)22/h12-13H,5-11H2,1-4H3. The molecular formula is C20H28N2O3. The molecule has 0 saturated carbocycles. The SMILES string of the molecule is CC(=O)N1CCCc2cc3c(cc21)CCN(C(=O)OC(C)(C)C)CC3. The Morgan fingerprint density at radius 2 is 1.60 bits per heavy atom. The average Bonchev–Trinajstić information content (AvgIpc) is 2.72. The molecule has 0 spiro atoms. The minimum absolute atomic E-state index is 0.102. The van der Waals surface area contributed by atoms with Gasteiger partial charge in [0.1, 0.15) is 5.60 Å². The normalized spacial score (nSPS) is 17.4. The first-order chi connectivity index (χ1) is 11.7. The molecule has 25 heavy (non-hydrogen) atoms. The number of carbonyl (C=O) groups excluding carboxylic acids is 2. The summed E-state index contributed by atoms with van der Waals surface area (Å²) >= 11 is 0. The lowest BCUT2D eigenvalue weighted by Gasteiger charge is -2.30. The molecule has 0 unspecified atom stereocenters. The van der Waals surface area contributed by atoms with E-state index < -0.39 is 5.60 Å². The largest absolute Gasteiger partial charge is 0.444 e. The van der Waals surface area contributed by atoms with E-state index in [2.05, 4.69) is 12.1 Å². The molecule has 0 aliphatic carbocycles. The molecule has 1 aromatic carbocycles. The molecular weight excluding hydrogens is 316 g/mol. The molecule has 2 heterocycles. The summed E-state index contributed by atoms with van der Waals surface area (Å²) in [5.41, 5.74) is 4.39. The molecule has 5 nitrogen and oxygen atoms in total. The fraction of sp³-hybridized carbons (Fsp3) is 0.600. The van der Waals surface area contributed by atoms with E-state index in [0.717, 1.165) is 37.9 Å². The Bertz CT molecular complexity index is 691. The minimum Gasteiger partial charge on any atom is -0.444 e. The highest BCUT2D eigenvalue weighted by Crippen LogP contribution is 2.32. The Balaban J connectivity index is 1.80. The average molecular weight is 344 g/mol. The van der Waals surface area contributed by atoms with Gasteiger partial charge in [0, 0.05) is 32.2 Å². The Morgan fingerprint density at radius 3 is 2.20 bits per heavy atom. The topological polar surface area (TPSA) is 49.9 Å². The van der Waals surface area contributed by atoms with Crippen molar-refractivity contribution in [1.29, 1.82) is 0 Å². The molecule has 2 amide bonds. The van der Waals surface area contributed by atoms with Gasteiger partial charge in [-0.15, -0.1) is 0 Å². The van der Waals surface area contributed by atoms with Gasteiger partial charge in [-0.25, -0.2) is 4.79 Å². The van der Waals surface area contributed by atoms with Gasteiger partial charge >= 0.3 is 6.09 Å². The van der Waals surface area contributed by atoms with E-state index in [1.165, 1.54) is 16.7 Å². The molecule has 0 N–H and O–H groups in total. The van der Waals surface area contributed by atoms with E-state index >= 15 is 0 Å². The second-order valence-corrected chi connectivity index (χ2v) is 7.99. The number of hydrogen-bond acceptors (Lipinski definition) is 3. The van der Waals surface area contributed by atoms with Crippen LogP contribution in [0.1, 0.15) is 50.8 Å². The van der Waals surface area contributed by atoms with Crippen LogP contribution >= 0.6 is 0 Å². The fourth-order valence-electron chi connectivity index (χ4n) is 3.65. The Kier molecular flexibility index (Phi) is 4.76. The summed E-state index contributed by atoms with van der Waals surface area (Å²) in [5.74, 6) is 0.102. The van der Waals surface area contributed by atoms with Gasteiger partial charge in [0.15, 0.2) is 0 Å². The molecule has 3 rings (SSSR count). The molecule has 0 radical (unpaired) electrons. The van der Waals surface area contributed by atoms with Gasteiger partial charge in [0.25, 0.3) is 0 Å². The fourth-order valence-corrected chi connectivity index (χ4v) is 3.65. The third kappa shape index (κ3) is 3.97. The second kappa shape index (κ2) is 6.70. The number of aryl methyl sites for hydroxylation is 1. The van der Waals surface area contributed by atoms with Gasteiger partial charge in [-0.05, 0) is 69.2 Å². The highest BCUT2D eigenvalue weighted by Gasteiger charge is 2.26. The van der Waals surface area contributed by atoms with Gasteiger partial charge in [-0.1, -0.05) is 6.07 Å². The predicted molar refractivity (Wildman–Crippen MR) is 98.0 cm³/mol. The van der Waals surface area contributed by atoms with Crippen LogP contribution in [0.5, 0.6) is 0 Å². The number of benzene rings is 1. The number of anilines is 1. The maximum Gasteiger partial charge on any atom is 0.410 e. The van der Waals surface area contributed by atoms with E-state index in [1.54, 1.807) is 11.8 Å². The van der Waals surface area contributed by atoms with Crippen LogP contribution in [0.3, 0.4) is 0 Å². The van der Waals surface area contributed by atoms with Crippen LogP contribution in [0, 0.1) is 0 Å². The minimum atomic E-state index is -0.475. The van der Waals surface area contributed by atoms with Crippen LogP contribution in [0.4, 0.5) is 10.5 Å². The van der Waals surface area contributed by atoms with Crippen LogP contribution in [0.15, 0.2) is 12.1 Å². The quantitative estimate of drug-likeness (QED) is 0.725. The molecule has 2 aliphatic rings. The van der Waals surface area contributed by atoms with Crippen LogP contribution in [-0.2, 0) is 28.8 Å². The van der Waals surface area contributed by atoms with Crippen molar-refractivity contribution in [2.45, 2.75) is 59.0 Å². The van der Waals surface area contributed by atoms with E-state index in [4.69, 9.17) is 4.74 Å². The second-order valence-electron chi connectivity index (χ2n) is 7.99. The lowest BCUT2D eigenvalue weighted by molar-refractivity contribution is -0.116. The van der Waals surface area contributed by atoms with Gasteiger partial charge < -0.3 is 14.5 Å². The smallest absolute Gasteiger partial charge is 0.410 e. The highest BCUT2D eigenvalue weighted by molar-refractivity contribution is 5.93. The van der Waals surface area contributed by atoms with E-state index in [0.29, 0.717) is 13.1 Å².